The molecule has 3 nitrogen and oxygen atoms in total. The lowest BCUT2D eigenvalue weighted by atomic mass is 9.88. The number of likely N-dealkylation sites (tertiary alicyclic amines) is 1. The number of hydrogen-bond acceptors (Lipinski definition) is 3. The molecule has 1 aliphatic heterocycles. The minimum atomic E-state index is -0.0936. The van der Waals surface area contributed by atoms with E-state index in [0.29, 0.717) is 11.8 Å². The van der Waals surface area contributed by atoms with Gasteiger partial charge in [-0.15, -0.1) is 0 Å². The van der Waals surface area contributed by atoms with Crippen molar-refractivity contribution in [1.82, 2.24) is 4.90 Å². The van der Waals surface area contributed by atoms with Crippen LogP contribution >= 0.6 is 0 Å². The summed E-state index contributed by atoms with van der Waals surface area (Å²) >= 11 is 0. The van der Waals surface area contributed by atoms with Gasteiger partial charge < -0.3 is 10.8 Å². The predicted molar refractivity (Wildman–Crippen MR) is 81.1 cm³/mol. The van der Waals surface area contributed by atoms with Crippen molar-refractivity contribution >= 4 is 0 Å². The normalized spacial score (nSPS) is 29.3. The van der Waals surface area contributed by atoms with Gasteiger partial charge in [0.1, 0.15) is 0 Å². The molecule has 1 heterocycles. The Labute approximate surface area is 121 Å². The molecule has 1 saturated heterocycles. The van der Waals surface area contributed by atoms with Crippen LogP contribution in [0.5, 0.6) is 0 Å². The van der Waals surface area contributed by atoms with E-state index in [2.05, 4.69) is 35.2 Å². The molecule has 1 aromatic rings. The average molecular weight is 274 g/mol. The van der Waals surface area contributed by atoms with E-state index in [-0.39, 0.29) is 12.1 Å². The van der Waals surface area contributed by atoms with Gasteiger partial charge >= 0.3 is 0 Å². The second-order valence-electron chi connectivity index (χ2n) is 6.68. The fourth-order valence-electron chi connectivity index (χ4n) is 3.51. The van der Waals surface area contributed by atoms with Crippen LogP contribution < -0.4 is 5.73 Å². The summed E-state index contributed by atoms with van der Waals surface area (Å²) in [5.74, 6) is 1.13. The molecule has 0 radical (unpaired) electrons. The smallest absolute Gasteiger partial charge is 0.0571 e. The van der Waals surface area contributed by atoms with Crippen LogP contribution in [0.1, 0.15) is 31.2 Å². The maximum absolute atomic E-state index is 10.1. The Balaban J connectivity index is 1.55. The Hall–Kier alpha value is -0.900. The van der Waals surface area contributed by atoms with Crippen molar-refractivity contribution in [2.45, 2.75) is 44.4 Å². The van der Waals surface area contributed by atoms with Crippen molar-refractivity contribution in [3.63, 3.8) is 0 Å². The van der Waals surface area contributed by atoms with Crippen LogP contribution in [0, 0.1) is 11.8 Å². The molecule has 3 N–H and O–H groups in total. The zero-order valence-electron chi connectivity index (χ0n) is 12.1. The van der Waals surface area contributed by atoms with Gasteiger partial charge in [-0.3, -0.25) is 4.90 Å². The van der Waals surface area contributed by atoms with Crippen LogP contribution in [0.2, 0.25) is 0 Å². The zero-order chi connectivity index (χ0) is 13.9. The molecule has 1 saturated carbocycles. The molecule has 20 heavy (non-hydrogen) atoms. The van der Waals surface area contributed by atoms with Crippen LogP contribution in [-0.2, 0) is 6.54 Å². The van der Waals surface area contributed by atoms with Gasteiger partial charge in [-0.2, -0.15) is 0 Å². The van der Waals surface area contributed by atoms with Crippen LogP contribution in [0.4, 0.5) is 0 Å². The van der Waals surface area contributed by atoms with Crippen LogP contribution in [0.25, 0.3) is 0 Å². The van der Waals surface area contributed by atoms with Crippen LogP contribution in [0.3, 0.4) is 0 Å². The van der Waals surface area contributed by atoms with Crippen molar-refractivity contribution in [2.24, 2.45) is 17.6 Å². The topological polar surface area (TPSA) is 49.5 Å². The van der Waals surface area contributed by atoms with E-state index >= 15 is 0 Å². The summed E-state index contributed by atoms with van der Waals surface area (Å²) in [6.07, 6.45) is 4.34. The maximum Gasteiger partial charge on any atom is 0.0571 e. The highest BCUT2D eigenvalue weighted by Gasteiger charge is 2.33. The first-order valence-corrected chi connectivity index (χ1v) is 7.90. The van der Waals surface area contributed by atoms with Crippen molar-refractivity contribution < 1.29 is 5.11 Å². The first-order valence-electron chi connectivity index (χ1n) is 7.90. The van der Waals surface area contributed by atoms with Gasteiger partial charge in [0, 0.05) is 25.7 Å². The van der Waals surface area contributed by atoms with Crippen LogP contribution in [-0.4, -0.2) is 35.2 Å². The summed E-state index contributed by atoms with van der Waals surface area (Å²) in [5, 5.41) is 10.1. The van der Waals surface area contributed by atoms with Crippen molar-refractivity contribution in [1.29, 1.82) is 0 Å². The van der Waals surface area contributed by atoms with E-state index in [1.54, 1.807) is 0 Å². The number of aliphatic hydroxyl groups excluding tert-OH is 1. The lowest BCUT2D eigenvalue weighted by Crippen LogP contribution is -2.47. The second-order valence-corrected chi connectivity index (χ2v) is 6.68. The number of piperidine rings is 1. The van der Waals surface area contributed by atoms with E-state index in [1.165, 1.54) is 18.4 Å². The number of rotatable bonds is 5. The number of nitrogens with two attached hydrogens (primary N) is 1. The van der Waals surface area contributed by atoms with Crippen molar-refractivity contribution in [3.8, 4) is 0 Å². The lowest BCUT2D eigenvalue weighted by molar-refractivity contribution is 0.0781. The molecule has 0 amide bonds. The fourth-order valence-corrected chi connectivity index (χ4v) is 3.51. The standard InChI is InChI=1S/C17H26N2O/c18-16-8-14(9-17(20)15-6-7-15)11-19(12-16)10-13-4-2-1-3-5-13/h1-5,14-17,20H,6-12,18H2. The summed E-state index contributed by atoms with van der Waals surface area (Å²) in [6, 6.07) is 10.8. The molecular formula is C17H26N2O. The number of nitrogens with zero attached hydrogens (tertiary/aromatic N) is 1. The summed E-state index contributed by atoms with van der Waals surface area (Å²) in [6.45, 7) is 3.03. The molecule has 1 aliphatic carbocycles. The highest BCUT2D eigenvalue weighted by atomic mass is 16.3. The summed E-state index contributed by atoms with van der Waals surface area (Å²) < 4.78 is 0. The molecule has 0 bridgehead atoms. The van der Waals surface area contributed by atoms with E-state index in [9.17, 15) is 5.11 Å². The van der Waals surface area contributed by atoms with Gasteiger partial charge in [0.25, 0.3) is 0 Å². The molecule has 3 heteroatoms. The third-order valence-corrected chi connectivity index (χ3v) is 4.64. The predicted octanol–water partition coefficient (Wildman–Crippen LogP) is 2.00. The highest BCUT2D eigenvalue weighted by Crippen LogP contribution is 2.36. The Kier molecular flexibility index (Phi) is 4.39. The summed E-state index contributed by atoms with van der Waals surface area (Å²) in [4.78, 5) is 2.45. The Morgan fingerprint density at radius 3 is 2.65 bits per heavy atom. The van der Waals surface area contributed by atoms with E-state index in [1.807, 2.05) is 0 Å². The molecule has 3 atom stereocenters. The number of aliphatic hydroxyl groups is 1. The molecule has 110 valence electrons. The van der Waals surface area contributed by atoms with E-state index in [0.717, 1.165) is 32.5 Å². The van der Waals surface area contributed by atoms with E-state index < -0.39 is 0 Å². The molecule has 0 spiro atoms. The second kappa shape index (κ2) is 6.25. The lowest BCUT2D eigenvalue weighted by Gasteiger charge is -2.37. The van der Waals surface area contributed by atoms with Gasteiger partial charge in [-0.25, -0.2) is 0 Å². The molecule has 1 aromatic carbocycles. The van der Waals surface area contributed by atoms with E-state index in [4.69, 9.17) is 5.73 Å². The van der Waals surface area contributed by atoms with Crippen LogP contribution in [0.15, 0.2) is 30.3 Å². The van der Waals surface area contributed by atoms with Crippen molar-refractivity contribution in [3.05, 3.63) is 35.9 Å². The third kappa shape index (κ3) is 3.81. The molecule has 2 fully saturated rings. The number of benzene rings is 1. The van der Waals surface area contributed by atoms with Gasteiger partial charge in [0.2, 0.25) is 0 Å². The largest absolute Gasteiger partial charge is 0.393 e. The Morgan fingerprint density at radius 2 is 1.95 bits per heavy atom. The SMILES string of the molecule is NC1CC(CC(O)C2CC2)CN(Cc2ccccc2)C1. The average Bonchev–Trinajstić information content (AvgIpc) is 3.23. The molecule has 3 rings (SSSR count). The van der Waals surface area contributed by atoms with Gasteiger partial charge in [0.15, 0.2) is 0 Å². The first kappa shape index (κ1) is 14.1. The fraction of sp³-hybridized carbons (Fsp3) is 0.647. The first-order chi connectivity index (χ1) is 9.70. The Bertz CT molecular complexity index is 418. The third-order valence-electron chi connectivity index (χ3n) is 4.64. The Morgan fingerprint density at radius 1 is 1.20 bits per heavy atom. The minimum absolute atomic E-state index is 0.0936. The summed E-state index contributed by atoms with van der Waals surface area (Å²) in [7, 11) is 0. The highest BCUT2D eigenvalue weighted by molar-refractivity contribution is 5.14. The molecule has 2 aliphatic rings. The minimum Gasteiger partial charge on any atom is -0.393 e. The molecular weight excluding hydrogens is 248 g/mol. The summed E-state index contributed by atoms with van der Waals surface area (Å²) in [5.41, 5.74) is 7.56. The number of hydrogen-bond donors (Lipinski definition) is 2. The zero-order valence-corrected chi connectivity index (χ0v) is 12.1. The molecule has 3 unspecified atom stereocenters. The quantitative estimate of drug-likeness (QED) is 0.863. The van der Waals surface area contributed by atoms with Gasteiger partial charge in [-0.05, 0) is 43.1 Å². The van der Waals surface area contributed by atoms with Crippen molar-refractivity contribution in [2.75, 3.05) is 13.1 Å². The molecule has 0 aromatic heterocycles. The van der Waals surface area contributed by atoms with Gasteiger partial charge in [-0.1, -0.05) is 30.3 Å². The van der Waals surface area contributed by atoms with Gasteiger partial charge in [0.05, 0.1) is 6.10 Å². The maximum atomic E-state index is 10.1. The monoisotopic (exact) mass is 274 g/mol.